The molecule has 0 aliphatic carbocycles. The summed E-state index contributed by atoms with van der Waals surface area (Å²) in [6, 6.07) is 10.4. The molecular weight excluding hydrogens is 287 g/mol. The number of carbonyl (C=O) groups is 1. The Morgan fingerprint density at radius 2 is 1.95 bits per heavy atom. The maximum Gasteiger partial charge on any atom is 0.331 e. The zero-order valence-electron chi connectivity index (χ0n) is 12.0. The van der Waals surface area contributed by atoms with Gasteiger partial charge in [0.2, 0.25) is 0 Å². The van der Waals surface area contributed by atoms with E-state index in [1.165, 1.54) is 31.4 Å². The van der Waals surface area contributed by atoms with Gasteiger partial charge in [-0.25, -0.2) is 9.18 Å². The summed E-state index contributed by atoms with van der Waals surface area (Å²) < 4.78 is 22.8. The fraction of sp³-hybridized carbons (Fsp3) is 0.118. The molecule has 0 radical (unpaired) electrons. The van der Waals surface area contributed by atoms with Gasteiger partial charge in [0, 0.05) is 6.08 Å². The van der Waals surface area contributed by atoms with Crippen LogP contribution in [0.5, 0.6) is 11.5 Å². The van der Waals surface area contributed by atoms with Gasteiger partial charge in [0.1, 0.15) is 12.4 Å². The third-order valence-electron chi connectivity index (χ3n) is 2.91. The third-order valence-corrected chi connectivity index (χ3v) is 2.91. The number of rotatable bonds is 5. The average Bonchev–Trinajstić information content (AvgIpc) is 2.53. The van der Waals surface area contributed by atoms with Gasteiger partial charge in [0.05, 0.1) is 7.11 Å². The van der Waals surface area contributed by atoms with Crippen molar-refractivity contribution in [2.24, 2.45) is 0 Å². The van der Waals surface area contributed by atoms with Crippen LogP contribution in [0.15, 0.2) is 48.5 Å². The monoisotopic (exact) mass is 302 g/mol. The predicted molar refractivity (Wildman–Crippen MR) is 79.9 cm³/mol. The molecule has 2 rings (SSSR count). The lowest BCUT2D eigenvalue weighted by Gasteiger charge is -2.04. The molecule has 0 bridgehead atoms. The van der Waals surface area contributed by atoms with E-state index >= 15 is 0 Å². The van der Waals surface area contributed by atoms with E-state index in [4.69, 9.17) is 9.47 Å². The first-order valence-electron chi connectivity index (χ1n) is 6.55. The van der Waals surface area contributed by atoms with E-state index in [0.717, 1.165) is 0 Å². The topological polar surface area (TPSA) is 55.8 Å². The molecule has 5 heteroatoms. The molecule has 0 unspecified atom stereocenters. The van der Waals surface area contributed by atoms with Crippen molar-refractivity contribution in [3.63, 3.8) is 0 Å². The van der Waals surface area contributed by atoms with E-state index in [1.807, 2.05) is 0 Å². The first-order chi connectivity index (χ1) is 10.6. The summed E-state index contributed by atoms with van der Waals surface area (Å²) in [6.07, 6.45) is 2.82. The molecule has 0 heterocycles. The molecule has 0 saturated heterocycles. The van der Waals surface area contributed by atoms with Crippen LogP contribution in [0.3, 0.4) is 0 Å². The number of phenols is 1. The number of carbonyl (C=O) groups excluding carboxylic acids is 1. The minimum Gasteiger partial charge on any atom is -0.504 e. The summed E-state index contributed by atoms with van der Waals surface area (Å²) in [6.45, 7) is 0.0718. The molecule has 2 aromatic carbocycles. The Kier molecular flexibility index (Phi) is 5.14. The molecule has 4 nitrogen and oxygen atoms in total. The third kappa shape index (κ3) is 4.34. The van der Waals surface area contributed by atoms with Gasteiger partial charge in [0.15, 0.2) is 11.5 Å². The lowest BCUT2D eigenvalue weighted by atomic mass is 10.2. The van der Waals surface area contributed by atoms with E-state index in [-0.39, 0.29) is 18.2 Å². The highest BCUT2D eigenvalue weighted by atomic mass is 19.1. The van der Waals surface area contributed by atoms with Gasteiger partial charge >= 0.3 is 5.97 Å². The molecular formula is C17H15FO4. The number of halogens is 1. The predicted octanol–water partition coefficient (Wildman–Crippen LogP) is 3.30. The Morgan fingerprint density at radius 1 is 1.23 bits per heavy atom. The Hall–Kier alpha value is -2.82. The number of aromatic hydroxyl groups is 1. The zero-order chi connectivity index (χ0) is 15.9. The largest absolute Gasteiger partial charge is 0.504 e. The average molecular weight is 302 g/mol. The van der Waals surface area contributed by atoms with Crippen LogP contribution in [0.1, 0.15) is 11.1 Å². The molecule has 0 aromatic heterocycles. The van der Waals surface area contributed by atoms with Gasteiger partial charge in [-0.15, -0.1) is 0 Å². The van der Waals surface area contributed by atoms with Gasteiger partial charge < -0.3 is 14.6 Å². The lowest BCUT2D eigenvalue weighted by Crippen LogP contribution is -2.00. The number of ether oxygens (including phenoxy) is 2. The number of hydrogen-bond acceptors (Lipinski definition) is 4. The van der Waals surface area contributed by atoms with Crippen LogP contribution in [0.4, 0.5) is 4.39 Å². The van der Waals surface area contributed by atoms with Gasteiger partial charge in [-0.05, 0) is 41.5 Å². The summed E-state index contributed by atoms with van der Waals surface area (Å²) in [4.78, 5) is 11.6. The Bertz CT molecular complexity index is 678. The summed E-state index contributed by atoms with van der Waals surface area (Å²) in [5.74, 6) is -0.506. The summed E-state index contributed by atoms with van der Waals surface area (Å²) >= 11 is 0. The highest BCUT2D eigenvalue weighted by Crippen LogP contribution is 2.26. The van der Waals surface area contributed by atoms with E-state index in [9.17, 15) is 14.3 Å². The van der Waals surface area contributed by atoms with Gasteiger partial charge in [-0.1, -0.05) is 18.2 Å². The normalized spacial score (nSPS) is 10.6. The second-order valence-electron chi connectivity index (χ2n) is 4.50. The van der Waals surface area contributed by atoms with Crippen LogP contribution >= 0.6 is 0 Å². The minimum atomic E-state index is -0.517. The van der Waals surface area contributed by atoms with E-state index in [2.05, 4.69) is 0 Å². The van der Waals surface area contributed by atoms with Crippen molar-refractivity contribution in [1.82, 2.24) is 0 Å². The first kappa shape index (κ1) is 15.6. The Balaban J connectivity index is 1.92. The quantitative estimate of drug-likeness (QED) is 0.680. The standard InChI is InChI=1S/C17H15FO4/c1-21-16-10-12(4-8-15(16)19)5-9-17(20)22-11-13-2-6-14(18)7-3-13/h2-10,19H,11H2,1H3/b9-5+. The van der Waals surface area contributed by atoms with Crippen molar-refractivity contribution in [1.29, 1.82) is 0 Å². The summed E-state index contributed by atoms with van der Waals surface area (Å²) in [5, 5.41) is 9.47. The number of esters is 1. The van der Waals surface area contributed by atoms with E-state index in [0.29, 0.717) is 16.9 Å². The molecule has 0 atom stereocenters. The van der Waals surface area contributed by atoms with Gasteiger partial charge in [-0.3, -0.25) is 0 Å². The molecule has 114 valence electrons. The van der Waals surface area contributed by atoms with Crippen LogP contribution in [0, 0.1) is 5.82 Å². The highest BCUT2D eigenvalue weighted by Gasteiger charge is 2.02. The van der Waals surface area contributed by atoms with Gasteiger partial charge in [-0.2, -0.15) is 0 Å². The molecule has 0 fully saturated rings. The van der Waals surface area contributed by atoms with E-state index in [1.54, 1.807) is 30.3 Å². The second kappa shape index (κ2) is 7.26. The van der Waals surface area contributed by atoms with Crippen LogP contribution in [0.2, 0.25) is 0 Å². The van der Waals surface area contributed by atoms with Crippen LogP contribution < -0.4 is 4.74 Å². The van der Waals surface area contributed by atoms with Crippen molar-refractivity contribution in [3.8, 4) is 11.5 Å². The zero-order valence-corrected chi connectivity index (χ0v) is 12.0. The summed E-state index contributed by atoms with van der Waals surface area (Å²) in [5.41, 5.74) is 1.39. The lowest BCUT2D eigenvalue weighted by molar-refractivity contribution is -0.138. The SMILES string of the molecule is COc1cc(/C=C/C(=O)OCc2ccc(F)cc2)ccc1O. The Labute approximate surface area is 127 Å². The second-order valence-corrected chi connectivity index (χ2v) is 4.50. The first-order valence-corrected chi connectivity index (χ1v) is 6.55. The molecule has 0 aliphatic rings. The molecule has 0 saturated carbocycles. The van der Waals surface area contributed by atoms with Crippen molar-refractivity contribution < 1.29 is 23.8 Å². The van der Waals surface area contributed by atoms with Crippen LogP contribution in [-0.4, -0.2) is 18.2 Å². The summed E-state index contributed by atoms with van der Waals surface area (Å²) in [7, 11) is 1.44. The molecule has 2 aromatic rings. The smallest absolute Gasteiger partial charge is 0.331 e. The Morgan fingerprint density at radius 3 is 2.64 bits per heavy atom. The van der Waals surface area contributed by atoms with Crippen molar-refractivity contribution in [2.75, 3.05) is 7.11 Å². The fourth-order valence-electron chi connectivity index (χ4n) is 1.75. The molecule has 22 heavy (non-hydrogen) atoms. The molecule has 0 spiro atoms. The van der Waals surface area contributed by atoms with Gasteiger partial charge in [0.25, 0.3) is 0 Å². The number of benzene rings is 2. The van der Waals surface area contributed by atoms with Crippen LogP contribution in [-0.2, 0) is 16.1 Å². The maximum atomic E-state index is 12.7. The molecule has 0 aliphatic heterocycles. The number of methoxy groups -OCH3 is 1. The maximum absolute atomic E-state index is 12.7. The fourth-order valence-corrected chi connectivity index (χ4v) is 1.75. The van der Waals surface area contributed by atoms with Crippen molar-refractivity contribution >= 4 is 12.0 Å². The molecule has 1 N–H and O–H groups in total. The van der Waals surface area contributed by atoms with Crippen molar-refractivity contribution in [2.45, 2.75) is 6.61 Å². The van der Waals surface area contributed by atoms with Crippen molar-refractivity contribution in [3.05, 3.63) is 65.5 Å². The van der Waals surface area contributed by atoms with E-state index < -0.39 is 5.97 Å². The molecule has 0 amide bonds. The number of phenolic OH excluding ortho intramolecular Hbond substituents is 1. The minimum absolute atomic E-state index is 0.0264. The van der Waals surface area contributed by atoms with Crippen LogP contribution in [0.25, 0.3) is 6.08 Å². The highest BCUT2D eigenvalue weighted by molar-refractivity contribution is 5.87. The number of hydrogen-bond donors (Lipinski definition) is 1.